The smallest absolute Gasteiger partial charge is 0.0178 e. The third-order valence-electron chi connectivity index (χ3n) is 2.05. The van der Waals surface area contributed by atoms with Crippen molar-refractivity contribution in [1.82, 2.24) is 0 Å². The predicted molar refractivity (Wildman–Crippen MR) is 64.6 cm³/mol. The van der Waals surface area contributed by atoms with Crippen LogP contribution in [-0.2, 0) is 6.54 Å². The maximum Gasteiger partial charge on any atom is 0.0178 e. The number of nitrogens with two attached hydrogens (primary N) is 1. The summed E-state index contributed by atoms with van der Waals surface area (Å²) in [6, 6.07) is 6.49. The van der Waals surface area contributed by atoms with Crippen LogP contribution >= 0.6 is 11.8 Å². The van der Waals surface area contributed by atoms with Crippen molar-refractivity contribution >= 4 is 11.8 Å². The van der Waals surface area contributed by atoms with E-state index in [9.17, 15) is 0 Å². The van der Waals surface area contributed by atoms with E-state index >= 15 is 0 Å². The van der Waals surface area contributed by atoms with Gasteiger partial charge in [0.1, 0.15) is 0 Å². The molecule has 0 aromatic heterocycles. The molecule has 0 fully saturated rings. The second-order valence-electron chi connectivity index (χ2n) is 4.01. The molecule has 78 valence electrons. The second-order valence-corrected chi connectivity index (χ2v) is 5.07. The molecule has 0 saturated carbocycles. The first-order valence-electron chi connectivity index (χ1n) is 5.06. The van der Waals surface area contributed by atoms with E-state index in [2.05, 4.69) is 39.0 Å². The van der Waals surface area contributed by atoms with Gasteiger partial charge in [-0.3, -0.25) is 0 Å². The van der Waals surface area contributed by atoms with E-state index in [0.29, 0.717) is 6.54 Å². The molecule has 0 radical (unpaired) electrons. The zero-order chi connectivity index (χ0) is 10.6. The van der Waals surface area contributed by atoms with Crippen molar-refractivity contribution < 1.29 is 0 Å². The lowest BCUT2D eigenvalue weighted by atomic mass is 10.1. The first-order valence-corrected chi connectivity index (χ1v) is 6.04. The summed E-state index contributed by atoms with van der Waals surface area (Å²) in [6.45, 7) is 7.28. The fourth-order valence-corrected chi connectivity index (χ4v) is 2.22. The summed E-state index contributed by atoms with van der Waals surface area (Å²) in [4.78, 5) is 1.39. The molecule has 2 heteroatoms. The highest BCUT2D eigenvalue weighted by Gasteiger charge is 2.01. The summed E-state index contributed by atoms with van der Waals surface area (Å²) in [5, 5.41) is 0. The number of hydrogen-bond acceptors (Lipinski definition) is 2. The average molecular weight is 209 g/mol. The molecule has 0 amide bonds. The van der Waals surface area contributed by atoms with E-state index in [0.717, 1.165) is 5.92 Å². The van der Waals surface area contributed by atoms with Crippen LogP contribution in [0.15, 0.2) is 23.1 Å². The van der Waals surface area contributed by atoms with Gasteiger partial charge < -0.3 is 5.73 Å². The molecule has 14 heavy (non-hydrogen) atoms. The summed E-state index contributed by atoms with van der Waals surface area (Å²) in [5.41, 5.74) is 8.15. The molecule has 0 spiro atoms. The molecule has 0 aliphatic carbocycles. The number of rotatable bonds is 4. The fraction of sp³-hybridized carbons (Fsp3) is 0.500. The summed E-state index contributed by atoms with van der Waals surface area (Å²) in [6.07, 6.45) is 0. The Labute approximate surface area is 91.1 Å². The van der Waals surface area contributed by atoms with Gasteiger partial charge in [0.25, 0.3) is 0 Å². The van der Waals surface area contributed by atoms with E-state index < -0.39 is 0 Å². The lowest BCUT2D eigenvalue weighted by Gasteiger charge is -2.08. The standard InChI is InChI=1S/C12H19NS/c1-9(2)8-14-12-5-4-11(7-13)6-10(12)3/h4-6,9H,7-8,13H2,1-3H3. The number of benzene rings is 1. The fourth-order valence-electron chi connectivity index (χ4n) is 1.26. The second kappa shape index (κ2) is 5.42. The Morgan fingerprint density at radius 1 is 1.36 bits per heavy atom. The Hall–Kier alpha value is -0.470. The third kappa shape index (κ3) is 3.35. The van der Waals surface area contributed by atoms with Crippen molar-refractivity contribution in [3.8, 4) is 0 Å². The molecule has 0 aliphatic heterocycles. The number of hydrogen-bond donors (Lipinski definition) is 1. The summed E-state index contributed by atoms with van der Waals surface area (Å²) < 4.78 is 0. The van der Waals surface area contributed by atoms with Gasteiger partial charge in [-0.15, -0.1) is 11.8 Å². The van der Waals surface area contributed by atoms with Crippen LogP contribution in [0.25, 0.3) is 0 Å². The third-order valence-corrected chi connectivity index (χ3v) is 3.65. The minimum atomic E-state index is 0.635. The Kier molecular flexibility index (Phi) is 4.49. The molecule has 0 saturated heterocycles. The normalized spacial score (nSPS) is 10.9. The SMILES string of the molecule is Cc1cc(CN)ccc1SCC(C)C. The Morgan fingerprint density at radius 2 is 2.07 bits per heavy atom. The average Bonchev–Trinajstić information content (AvgIpc) is 2.15. The van der Waals surface area contributed by atoms with Crippen molar-refractivity contribution in [3.63, 3.8) is 0 Å². The van der Waals surface area contributed by atoms with Gasteiger partial charge in [-0.05, 0) is 30.0 Å². The van der Waals surface area contributed by atoms with Crippen LogP contribution in [0.2, 0.25) is 0 Å². The highest BCUT2D eigenvalue weighted by Crippen LogP contribution is 2.24. The van der Waals surface area contributed by atoms with E-state index in [4.69, 9.17) is 5.73 Å². The molecule has 0 aliphatic rings. The zero-order valence-corrected chi connectivity index (χ0v) is 10.0. The lowest BCUT2D eigenvalue weighted by Crippen LogP contribution is -1.97. The first-order chi connectivity index (χ1) is 6.63. The maximum absolute atomic E-state index is 5.58. The minimum Gasteiger partial charge on any atom is -0.326 e. The molecule has 0 atom stereocenters. The number of thioether (sulfide) groups is 1. The van der Waals surface area contributed by atoms with Crippen LogP contribution in [0.5, 0.6) is 0 Å². The van der Waals surface area contributed by atoms with E-state index in [1.54, 1.807) is 0 Å². The van der Waals surface area contributed by atoms with Gasteiger partial charge in [-0.1, -0.05) is 26.0 Å². The lowest BCUT2D eigenvalue weighted by molar-refractivity contribution is 0.750. The van der Waals surface area contributed by atoms with E-state index in [1.807, 2.05) is 11.8 Å². The molecule has 1 aromatic rings. The summed E-state index contributed by atoms with van der Waals surface area (Å²) in [7, 11) is 0. The topological polar surface area (TPSA) is 26.0 Å². The molecule has 0 bridgehead atoms. The molecular formula is C12H19NS. The Bertz CT molecular complexity index is 294. The highest BCUT2D eigenvalue weighted by atomic mass is 32.2. The maximum atomic E-state index is 5.58. The van der Waals surface area contributed by atoms with Gasteiger partial charge in [0.15, 0.2) is 0 Å². The van der Waals surface area contributed by atoms with Crippen LogP contribution in [0.1, 0.15) is 25.0 Å². The molecule has 0 unspecified atom stereocenters. The molecule has 2 N–H and O–H groups in total. The molecule has 0 heterocycles. The van der Waals surface area contributed by atoms with Crippen LogP contribution in [0.4, 0.5) is 0 Å². The van der Waals surface area contributed by atoms with Crippen molar-refractivity contribution in [2.75, 3.05) is 5.75 Å². The quantitative estimate of drug-likeness (QED) is 0.771. The van der Waals surface area contributed by atoms with Crippen molar-refractivity contribution in [2.24, 2.45) is 11.7 Å². The molecule has 1 aromatic carbocycles. The van der Waals surface area contributed by atoms with Crippen molar-refractivity contribution in [3.05, 3.63) is 29.3 Å². The zero-order valence-electron chi connectivity index (χ0n) is 9.21. The van der Waals surface area contributed by atoms with Gasteiger partial charge in [-0.25, -0.2) is 0 Å². The van der Waals surface area contributed by atoms with Gasteiger partial charge in [0, 0.05) is 17.2 Å². The molecular weight excluding hydrogens is 190 g/mol. The van der Waals surface area contributed by atoms with Crippen LogP contribution in [0, 0.1) is 12.8 Å². The summed E-state index contributed by atoms with van der Waals surface area (Å²) >= 11 is 1.93. The molecule has 1 rings (SSSR count). The van der Waals surface area contributed by atoms with Crippen LogP contribution in [0.3, 0.4) is 0 Å². The number of aryl methyl sites for hydroxylation is 1. The Morgan fingerprint density at radius 3 is 2.57 bits per heavy atom. The first kappa shape index (κ1) is 11.6. The van der Waals surface area contributed by atoms with Gasteiger partial charge in [-0.2, -0.15) is 0 Å². The summed E-state index contributed by atoms with van der Waals surface area (Å²) in [5.74, 6) is 1.93. The molecule has 1 nitrogen and oxygen atoms in total. The van der Waals surface area contributed by atoms with Gasteiger partial charge in [0.2, 0.25) is 0 Å². The van der Waals surface area contributed by atoms with Crippen LogP contribution < -0.4 is 5.73 Å². The van der Waals surface area contributed by atoms with Gasteiger partial charge >= 0.3 is 0 Å². The predicted octanol–water partition coefficient (Wildman–Crippen LogP) is 3.20. The van der Waals surface area contributed by atoms with Gasteiger partial charge in [0.05, 0.1) is 0 Å². The van der Waals surface area contributed by atoms with E-state index in [1.165, 1.54) is 21.8 Å². The Balaban J connectivity index is 2.69. The van der Waals surface area contributed by atoms with Crippen molar-refractivity contribution in [1.29, 1.82) is 0 Å². The van der Waals surface area contributed by atoms with Crippen LogP contribution in [-0.4, -0.2) is 5.75 Å². The van der Waals surface area contributed by atoms with Crippen molar-refractivity contribution in [2.45, 2.75) is 32.2 Å². The highest BCUT2D eigenvalue weighted by molar-refractivity contribution is 7.99. The largest absolute Gasteiger partial charge is 0.326 e. The van der Waals surface area contributed by atoms with E-state index in [-0.39, 0.29) is 0 Å². The minimum absolute atomic E-state index is 0.635. The monoisotopic (exact) mass is 209 g/mol.